The molecule has 25 heavy (non-hydrogen) atoms. The Labute approximate surface area is 151 Å². The Morgan fingerprint density at radius 2 is 1.12 bits per heavy atom. The predicted octanol–water partition coefficient (Wildman–Crippen LogP) is 5.68. The van der Waals surface area contributed by atoms with Gasteiger partial charge in [-0.15, -0.1) is 54.5 Å². The van der Waals surface area contributed by atoms with Crippen molar-refractivity contribution < 1.29 is 18.1 Å². The summed E-state index contributed by atoms with van der Waals surface area (Å²) in [4.78, 5) is 0. The fraction of sp³-hybridized carbons (Fsp3) is 0.300. The van der Waals surface area contributed by atoms with Crippen LogP contribution in [0.15, 0.2) is 60.7 Å². The van der Waals surface area contributed by atoms with E-state index in [1.54, 1.807) is 0 Å². The first-order valence-electron chi connectivity index (χ1n) is 8.49. The standard InChI is InChI=1S/C20H25O4P/c1-4-21-25(22-5-2,23-6-3)24-17-20(18-13-9-7-10-14-18)19-15-11-8-12-16-19/h7-16H,4-6H2,1-3H3. The van der Waals surface area contributed by atoms with Gasteiger partial charge in [-0.25, -0.2) is 0 Å². The third kappa shape index (κ3) is 5.65. The second-order valence-electron chi connectivity index (χ2n) is 5.00. The molecule has 0 saturated carbocycles. The zero-order chi connectivity index (χ0) is 18.0. The van der Waals surface area contributed by atoms with Crippen LogP contribution in [-0.4, -0.2) is 19.8 Å². The smallest absolute Gasteiger partial charge is 0.333 e. The third-order valence-corrected chi connectivity index (χ3v) is 5.28. The third-order valence-electron chi connectivity index (χ3n) is 3.25. The number of benzene rings is 2. The Kier molecular flexibility index (Phi) is 8.10. The molecular formula is C20H25O4P. The van der Waals surface area contributed by atoms with Crippen molar-refractivity contribution in [1.29, 1.82) is 0 Å². The van der Waals surface area contributed by atoms with Crippen LogP contribution in [0.1, 0.15) is 31.9 Å². The van der Waals surface area contributed by atoms with Crippen LogP contribution in [0.2, 0.25) is 0 Å². The Balaban J connectivity index is 2.38. The first-order chi connectivity index (χ1) is 12.2. The molecule has 2 rings (SSSR count). The van der Waals surface area contributed by atoms with E-state index in [9.17, 15) is 0 Å². The molecule has 0 heterocycles. The van der Waals surface area contributed by atoms with E-state index in [1.807, 2.05) is 81.4 Å². The minimum atomic E-state index is -2.92. The normalized spacial score (nSPS) is 11.2. The molecule has 0 aliphatic carbocycles. The first-order valence-corrected chi connectivity index (χ1v) is 9.95. The average Bonchev–Trinajstić information content (AvgIpc) is 2.64. The lowest BCUT2D eigenvalue weighted by molar-refractivity contribution is 0.0833. The summed E-state index contributed by atoms with van der Waals surface area (Å²) in [6, 6.07) is 19.9. The second-order valence-corrected chi connectivity index (χ2v) is 6.85. The number of rotatable bonds is 10. The van der Waals surface area contributed by atoms with Crippen molar-refractivity contribution in [3.05, 3.63) is 78.1 Å². The molecule has 2 aromatic rings. The van der Waals surface area contributed by atoms with Crippen LogP contribution in [-0.2, 0) is 18.1 Å². The van der Waals surface area contributed by atoms with Crippen molar-refractivity contribution in [1.82, 2.24) is 0 Å². The van der Waals surface area contributed by atoms with Crippen LogP contribution in [0.3, 0.4) is 0 Å². The molecule has 5 heteroatoms. The van der Waals surface area contributed by atoms with E-state index in [-0.39, 0.29) is 0 Å². The molecule has 0 aliphatic heterocycles. The molecule has 0 fully saturated rings. The maximum Gasteiger partial charge on any atom is 0.608 e. The summed E-state index contributed by atoms with van der Waals surface area (Å²) in [6.07, 6.45) is 3.04. The van der Waals surface area contributed by atoms with Crippen LogP contribution in [0.25, 0.3) is 5.57 Å². The Morgan fingerprint density at radius 3 is 1.48 bits per heavy atom. The van der Waals surface area contributed by atoms with Crippen LogP contribution >= 0.6 is 8.17 Å². The zero-order valence-electron chi connectivity index (χ0n) is 15.0. The van der Waals surface area contributed by atoms with Crippen molar-refractivity contribution >= 4 is 13.7 Å². The maximum atomic E-state index is 5.88. The second kappa shape index (κ2) is 10.3. The topological polar surface area (TPSA) is 36.9 Å². The molecule has 4 nitrogen and oxygen atoms in total. The summed E-state index contributed by atoms with van der Waals surface area (Å²) in [5, 5.41) is 0. The molecule has 2 aromatic carbocycles. The Hall–Kier alpha value is -1.71. The highest BCUT2D eigenvalue weighted by Crippen LogP contribution is 2.63. The quantitative estimate of drug-likeness (QED) is 0.310. The molecular weight excluding hydrogens is 335 g/mol. The highest BCUT2D eigenvalue weighted by molar-refractivity contribution is 7.56. The van der Waals surface area contributed by atoms with Gasteiger partial charge in [0.15, 0.2) is 0 Å². The largest absolute Gasteiger partial charge is 0.608 e. The van der Waals surface area contributed by atoms with E-state index in [2.05, 4.69) is 6.26 Å². The fourth-order valence-corrected chi connectivity index (χ4v) is 3.79. The minimum absolute atomic E-state index is 0.432. The van der Waals surface area contributed by atoms with Gasteiger partial charge in [0, 0.05) is 0 Å². The van der Waals surface area contributed by atoms with Crippen LogP contribution in [0.4, 0.5) is 0 Å². The van der Waals surface area contributed by atoms with Crippen molar-refractivity contribution in [2.75, 3.05) is 19.8 Å². The van der Waals surface area contributed by atoms with E-state index < -0.39 is 8.17 Å². The average molecular weight is 360 g/mol. The monoisotopic (exact) mass is 360 g/mol. The van der Waals surface area contributed by atoms with Crippen molar-refractivity contribution in [3.63, 3.8) is 0 Å². The molecule has 0 saturated heterocycles. The van der Waals surface area contributed by atoms with Gasteiger partial charge in [0.1, 0.15) is 0 Å². The number of hydrogen-bond acceptors (Lipinski definition) is 4. The number of hydrogen-bond donors (Lipinski definition) is 0. The van der Waals surface area contributed by atoms with E-state index in [4.69, 9.17) is 18.1 Å². The van der Waals surface area contributed by atoms with E-state index in [1.165, 1.54) is 0 Å². The Morgan fingerprint density at radius 1 is 0.720 bits per heavy atom. The van der Waals surface area contributed by atoms with Gasteiger partial charge in [-0.3, -0.25) is 0 Å². The minimum Gasteiger partial charge on any atom is -0.333 e. The molecule has 0 N–H and O–H groups in total. The highest BCUT2D eigenvalue weighted by Gasteiger charge is 2.47. The van der Waals surface area contributed by atoms with Gasteiger partial charge in [0.2, 0.25) is 0 Å². The van der Waals surface area contributed by atoms with Gasteiger partial charge < -0.3 is 4.52 Å². The molecule has 0 spiro atoms. The SMILES string of the molecule is CCO[P+](O[C-]=C(c1ccccc1)c1ccccc1)(OCC)OCC. The van der Waals surface area contributed by atoms with Crippen LogP contribution in [0, 0.1) is 6.26 Å². The van der Waals surface area contributed by atoms with Gasteiger partial charge in [0.25, 0.3) is 0 Å². The summed E-state index contributed by atoms with van der Waals surface area (Å²) in [5.41, 5.74) is 2.82. The summed E-state index contributed by atoms with van der Waals surface area (Å²) < 4.78 is 23.0. The zero-order valence-corrected chi connectivity index (χ0v) is 15.9. The van der Waals surface area contributed by atoms with Gasteiger partial charge in [0.05, 0.1) is 26.1 Å². The molecule has 0 bridgehead atoms. The van der Waals surface area contributed by atoms with Crippen molar-refractivity contribution in [2.45, 2.75) is 20.8 Å². The van der Waals surface area contributed by atoms with E-state index in [0.717, 1.165) is 16.7 Å². The van der Waals surface area contributed by atoms with Gasteiger partial charge in [-0.2, -0.15) is 0 Å². The van der Waals surface area contributed by atoms with Crippen molar-refractivity contribution in [2.24, 2.45) is 0 Å². The molecule has 0 aromatic heterocycles. The summed E-state index contributed by atoms with van der Waals surface area (Å²) in [7, 11) is -2.92. The van der Waals surface area contributed by atoms with Gasteiger partial charge in [-0.05, 0) is 20.8 Å². The summed E-state index contributed by atoms with van der Waals surface area (Å²) in [6.45, 7) is 6.95. The van der Waals surface area contributed by atoms with E-state index >= 15 is 0 Å². The molecule has 134 valence electrons. The van der Waals surface area contributed by atoms with Crippen molar-refractivity contribution in [3.8, 4) is 0 Å². The first kappa shape index (κ1) is 19.6. The molecule has 0 aliphatic rings. The molecule has 0 atom stereocenters. The Bertz CT molecular complexity index is 585. The van der Waals surface area contributed by atoms with Gasteiger partial charge >= 0.3 is 8.17 Å². The van der Waals surface area contributed by atoms with Crippen LogP contribution in [0.5, 0.6) is 0 Å². The fourth-order valence-electron chi connectivity index (χ4n) is 2.26. The lowest BCUT2D eigenvalue weighted by Crippen LogP contribution is -2.09. The van der Waals surface area contributed by atoms with E-state index in [0.29, 0.717) is 19.8 Å². The lowest BCUT2D eigenvalue weighted by atomic mass is 9.99. The predicted molar refractivity (Wildman–Crippen MR) is 102 cm³/mol. The molecule has 0 amide bonds. The van der Waals surface area contributed by atoms with Crippen LogP contribution < -0.4 is 0 Å². The molecule has 0 unspecified atom stereocenters. The lowest BCUT2D eigenvalue weighted by Gasteiger charge is -2.22. The summed E-state index contributed by atoms with van der Waals surface area (Å²) >= 11 is 0. The molecule has 0 radical (unpaired) electrons. The van der Waals surface area contributed by atoms with Gasteiger partial charge in [-0.1, -0.05) is 36.4 Å². The maximum absolute atomic E-state index is 5.88. The highest BCUT2D eigenvalue weighted by atomic mass is 31.2. The summed E-state index contributed by atoms with van der Waals surface area (Å²) in [5.74, 6) is 0.